The van der Waals surface area contributed by atoms with Gasteiger partial charge < -0.3 is 24.8 Å². The van der Waals surface area contributed by atoms with E-state index in [9.17, 15) is 19.5 Å². The quantitative estimate of drug-likeness (QED) is 0.471. The predicted molar refractivity (Wildman–Crippen MR) is 114 cm³/mol. The van der Waals surface area contributed by atoms with Crippen molar-refractivity contribution < 1.29 is 29.0 Å². The van der Waals surface area contributed by atoms with Crippen LogP contribution >= 0.6 is 11.8 Å². The van der Waals surface area contributed by atoms with E-state index in [1.807, 2.05) is 0 Å². The van der Waals surface area contributed by atoms with Gasteiger partial charge in [-0.15, -0.1) is 11.8 Å². The number of aliphatic hydroxyl groups is 1. The van der Waals surface area contributed by atoms with Gasteiger partial charge in [-0.25, -0.2) is 0 Å². The highest BCUT2D eigenvalue weighted by atomic mass is 32.2. The van der Waals surface area contributed by atoms with Crippen LogP contribution in [0.2, 0.25) is 0 Å². The van der Waals surface area contributed by atoms with E-state index in [0.29, 0.717) is 26.2 Å². The van der Waals surface area contributed by atoms with E-state index >= 15 is 0 Å². The Hall–Kier alpha value is -1.36. The molecule has 1 spiro atoms. The summed E-state index contributed by atoms with van der Waals surface area (Å²) >= 11 is 1.61. The summed E-state index contributed by atoms with van der Waals surface area (Å²) in [6, 6.07) is -1.18. The molecular formula is C21H33N3O6S. The first-order chi connectivity index (χ1) is 14.9. The number of hydrogen-bond acceptors (Lipinski definition) is 8. The van der Waals surface area contributed by atoms with Crippen LogP contribution < -0.4 is 5.32 Å². The van der Waals surface area contributed by atoms with Gasteiger partial charge in [0.25, 0.3) is 0 Å². The number of esters is 1. The molecule has 4 aliphatic rings. The molecule has 0 saturated carbocycles. The van der Waals surface area contributed by atoms with Crippen LogP contribution in [0.1, 0.15) is 26.7 Å². The lowest BCUT2D eigenvalue weighted by molar-refractivity contribution is -0.154. The summed E-state index contributed by atoms with van der Waals surface area (Å²) in [5.74, 6) is -1.83. The Morgan fingerprint density at radius 3 is 2.81 bits per heavy atom. The Labute approximate surface area is 187 Å². The fourth-order valence-electron chi connectivity index (χ4n) is 5.72. The first-order valence-electron chi connectivity index (χ1n) is 11.3. The number of morpholine rings is 1. The Morgan fingerprint density at radius 1 is 1.39 bits per heavy atom. The van der Waals surface area contributed by atoms with Gasteiger partial charge in [0, 0.05) is 31.4 Å². The Bertz CT molecular complexity index is 717. The third-order valence-electron chi connectivity index (χ3n) is 7.12. The van der Waals surface area contributed by atoms with Gasteiger partial charge in [0.2, 0.25) is 11.8 Å². The highest BCUT2D eigenvalue weighted by Crippen LogP contribution is 2.66. The average Bonchev–Trinajstić information content (AvgIpc) is 3.41. The number of nitrogens with one attached hydrogen (secondary N) is 1. The maximum Gasteiger partial charge on any atom is 0.310 e. The molecule has 0 aliphatic carbocycles. The number of amides is 2. The Morgan fingerprint density at radius 2 is 2.13 bits per heavy atom. The zero-order chi connectivity index (χ0) is 22.2. The molecule has 4 aliphatic heterocycles. The zero-order valence-corrected chi connectivity index (χ0v) is 19.1. The van der Waals surface area contributed by atoms with Gasteiger partial charge in [-0.3, -0.25) is 19.3 Å². The summed E-state index contributed by atoms with van der Waals surface area (Å²) in [5, 5.41) is 12.8. The van der Waals surface area contributed by atoms with Crippen molar-refractivity contribution in [3.8, 4) is 0 Å². The molecule has 0 aromatic heterocycles. The molecule has 9 nitrogen and oxygen atoms in total. The van der Waals surface area contributed by atoms with Crippen molar-refractivity contribution in [2.24, 2.45) is 11.8 Å². The van der Waals surface area contributed by atoms with E-state index in [1.54, 1.807) is 25.6 Å². The first-order valence-corrected chi connectivity index (χ1v) is 12.2. The van der Waals surface area contributed by atoms with E-state index in [1.165, 1.54) is 4.90 Å². The Balaban J connectivity index is 1.54. The summed E-state index contributed by atoms with van der Waals surface area (Å²) in [5.41, 5.74) is 0. The smallest absolute Gasteiger partial charge is 0.310 e. The number of fused-ring (bicyclic) bond motifs is 1. The second-order valence-electron chi connectivity index (χ2n) is 8.83. The van der Waals surface area contributed by atoms with Crippen LogP contribution in [-0.2, 0) is 23.9 Å². The minimum atomic E-state index is -0.689. The SMILES string of the molecule is CCOC(=O)[C@@H]1[C@H]2C(=O)N([C@H](C)CO)C(C(=O)NCCN3CCOCC3)C23CC[C@H]1S3. The molecule has 0 aromatic rings. The van der Waals surface area contributed by atoms with E-state index in [-0.39, 0.29) is 36.2 Å². The van der Waals surface area contributed by atoms with Gasteiger partial charge in [-0.2, -0.15) is 0 Å². The average molecular weight is 456 g/mol. The standard InChI is InChI=1S/C21H33N3O6S/c1-3-30-20(28)15-14-4-5-21(31-14)16(15)19(27)24(13(2)12-25)17(21)18(26)22-6-7-23-8-10-29-11-9-23/h13-17,25H,3-12H2,1-2H3,(H,22,26)/t13-,14-,15+,16+,17?,21?/m1/s1. The third kappa shape index (κ3) is 3.85. The van der Waals surface area contributed by atoms with Gasteiger partial charge in [-0.05, 0) is 26.7 Å². The van der Waals surface area contributed by atoms with Crippen molar-refractivity contribution in [1.29, 1.82) is 0 Å². The lowest BCUT2D eigenvalue weighted by Gasteiger charge is -2.36. The lowest BCUT2D eigenvalue weighted by atomic mass is 9.71. The van der Waals surface area contributed by atoms with Gasteiger partial charge in [0.15, 0.2) is 0 Å². The minimum Gasteiger partial charge on any atom is -0.466 e. The third-order valence-corrected chi connectivity index (χ3v) is 9.07. The summed E-state index contributed by atoms with van der Waals surface area (Å²) in [6.45, 7) is 7.84. The summed E-state index contributed by atoms with van der Waals surface area (Å²) in [6.07, 6.45) is 1.50. The van der Waals surface area contributed by atoms with Gasteiger partial charge in [0.1, 0.15) is 6.04 Å². The number of rotatable bonds is 8. The molecule has 2 bridgehead atoms. The molecule has 31 heavy (non-hydrogen) atoms. The molecule has 6 atom stereocenters. The molecule has 4 saturated heterocycles. The number of carbonyl (C=O) groups excluding carboxylic acids is 3. The van der Waals surface area contributed by atoms with Crippen molar-refractivity contribution in [2.75, 3.05) is 52.6 Å². The van der Waals surface area contributed by atoms with Crippen LogP contribution in [-0.4, -0.2) is 107 Å². The van der Waals surface area contributed by atoms with Crippen LogP contribution in [0.3, 0.4) is 0 Å². The Kier molecular flexibility index (Phi) is 6.81. The molecule has 10 heteroatoms. The summed E-state index contributed by atoms with van der Waals surface area (Å²) in [4.78, 5) is 43.4. The van der Waals surface area contributed by atoms with E-state index in [0.717, 1.165) is 26.1 Å². The zero-order valence-electron chi connectivity index (χ0n) is 18.2. The molecule has 2 unspecified atom stereocenters. The maximum absolute atomic E-state index is 13.5. The van der Waals surface area contributed by atoms with Crippen molar-refractivity contribution in [3.63, 3.8) is 0 Å². The van der Waals surface area contributed by atoms with Crippen LogP contribution in [0.5, 0.6) is 0 Å². The maximum atomic E-state index is 13.5. The van der Waals surface area contributed by atoms with Crippen LogP contribution in [0.25, 0.3) is 0 Å². The summed E-state index contributed by atoms with van der Waals surface area (Å²) < 4.78 is 10.0. The number of hydrogen-bond donors (Lipinski definition) is 2. The molecule has 0 radical (unpaired) electrons. The van der Waals surface area contributed by atoms with Crippen molar-refractivity contribution in [3.05, 3.63) is 0 Å². The van der Waals surface area contributed by atoms with Crippen LogP contribution in [0.4, 0.5) is 0 Å². The first kappa shape index (κ1) is 22.8. The number of likely N-dealkylation sites (tertiary alicyclic amines) is 1. The van der Waals surface area contributed by atoms with Crippen molar-refractivity contribution in [2.45, 2.75) is 48.8 Å². The minimum absolute atomic E-state index is 0.00299. The molecule has 0 aromatic carbocycles. The topological polar surface area (TPSA) is 108 Å². The molecule has 174 valence electrons. The molecular weight excluding hydrogens is 422 g/mol. The normalized spacial score (nSPS) is 35.8. The lowest BCUT2D eigenvalue weighted by Crippen LogP contribution is -2.56. The molecule has 4 rings (SSSR count). The van der Waals surface area contributed by atoms with Crippen LogP contribution in [0.15, 0.2) is 0 Å². The largest absolute Gasteiger partial charge is 0.466 e. The fourth-order valence-corrected chi connectivity index (χ4v) is 7.91. The van der Waals surface area contributed by atoms with Gasteiger partial charge in [0.05, 0.1) is 49.1 Å². The molecule has 2 N–H and O–H groups in total. The predicted octanol–water partition coefficient (Wildman–Crippen LogP) is -0.530. The number of carbonyl (C=O) groups is 3. The van der Waals surface area contributed by atoms with E-state index in [2.05, 4.69) is 10.2 Å². The molecule has 4 fully saturated rings. The number of ether oxygens (including phenoxy) is 2. The summed E-state index contributed by atoms with van der Waals surface area (Å²) in [7, 11) is 0. The second kappa shape index (κ2) is 9.25. The van der Waals surface area contributed by atoms with Crippen LogP contribution in [0, 0.1) is 11.8 Å². The van der Waals surface area contributed by atoms with E-state index < -0.39 is 28.7 Å². The monoisotopic (exact) mass is 455 g/mol. The number of nitrogens with zero attached hydrogens (tertiary/aromatic N) is 2. The van der Waals surface area contributed by atoms with Crippen molar-refractivity contribution in [1.82, 2.24) is 15.1 Å². The highest BCUT2D eigenvalue weighted by molar-refractivity contribution is 8.02. The molecule has 2 amide bonds. The van der Waals surface area contributed by atoms with Crippen molar-refractivity contribution >= 4 is 29.5 Å². The van der Waals surface area contributed by atoms with Gasteiger partial charge in [-0.1, -0.05) is 0 Å². The number of thioether (sulfide) groups is 1. The van der Waals surface area contributed by atoms with Gasteiger partial charge >= 0.3 is 5.97 Å². The van der Waals surface area contributed by atoms with E-state index in [4.69, 9.17) is 9.47 Å². The number of aliphatic hydroxyl groups excluding tert-OH is 1. The molecule has 4 heterocycles. The highest BCUT2D eigenvalue weighted by Gasteiger charge is 2.74. The fraction of sp³-hybridized carbons (Fsp3) is 0.857. The second-order valence-corrected chi connectivity index (χ2v) is 10.4.